The van der Waals surface area contributed by atoms with Crippen molar-refractivity contribution < 1.29 is 29.1 Å². The summed E-state index contributed by atoms with van der Waals surface area (Å²) in [5.74, 6) is 0. The van der Waals surface area contributed by atoms with Gasteiger partial charge in [0.05, 0.1) is 0 Å². The van der Waals surface area contributed by atoms with Crippen LogP contribution >= 0.6 is 0 Å². The number of aldehydes is 2. The van der Waals surface area contributed by atoms with Gasteiger partial charge in [0.25, 0.3) is 0 Å². The molecule has 0 aliphatic rings. The van der Waals surface area contributed by atoms with Gasteiger partial charge in [0, 0.05) is 19.5 Å². The standard InChI is InChI=1S/C2H2O2.C2H4.Zn/c3-1-2-4;1-2;/h1-2H;1-2H2;. The van der Waals surface area contributed by atoms with Crippen molar-refractivity contribution in [3.05, 3.63) is 13.2 Å². The molecule has 0 aromatic heterocycles. The van der Waals surface area contributed by atoms with E-state index in [4.69, 9.17) is 9.59 Å². The van der Waals surface area contributed by atoms with Gasteiger partial charge in [-0.3, -0.25) is 9.59 Å². The Morgan fingerprint density at radius 3 is 1.14 bits per heavy atom. The first-order valence-electron chi connectivity index (χ1n) is 1.30. The molecule has 7 heavy (non-hydrogen) atoms. The second-order valence-electron chi connectivity index (χ2n) is 0.272. The minimum Gasteiger partial charge on any atom is -0.295 e. The number of carbonyl (C=O) groups excluding carboxylic acids is 2. The van der Waals surface area contributed by atoms with Crippen LogP contribution in [0.15, 0.2) is 13.2 Å². The first-order valence-corrected chi connectivity index (χ1v) is 1.30. The maximum atomic E-state index is 8.81. The van der Waals surface area contributed by atoms with Gasteiger partial charge in [0.15, 0.2) is 12.6 Å². The van der Waals surface area contributed by atoms with Crippen LogP contribution in [0.25, 0.3) is 0 Å². The van der Waals surface area contributed by atoms with Crippen molar-refractivity contribution in [3.63, 3.8) is 0 Å². The molecule has 0 amide bonds. The number of carbonyl (C=O) groups is 2. The molecule has 0 saturated carbocycles. The molecule has 0 heterocycles. The topological polar surface area (TPSA) is 34.1 Å². The van der Waals surface area contributed by atoms with Crippen molar-refractivity contribution in [3.8, 4) is 0 Å². The van der Waals surface area contributed by atoms with Crippen LogP contribution in [0.3, 0.4) is 0 Å². The van der Waals surface area contributed by atoms with Crippen LogP contribution < -0.4 is 0 Å². The van der Waals surface area contributed by atoms with E-state index in [0.717, 1.165) is 0 Å². The quantitative estimate of drug-likeness (QED) is 0.232. The van der Waals surface area contributed by atoms with Gasteiger partial charge in [0.1, 0.15) is 0 Å². The predicted octanol–water partition coefficient (Wildman–Crippen LogP) is 0.184. The van der Waals surface area contributed by atoms with Crippen LogP contribution in [0.4, 0.5) is 0 Å². The van der Waals surface area contributed by atoms with Crippen LogP contribution in [-0.4, -0.2) is 12.6 Å². The fraction of sp³-hybridized carbons (Fsp3) is 0. The zero-order chi connectivity index (χ0) is 5.41. The summed E-state index contributed by atoms with van der Waals surface area (Å²) in [4.78, 5) is 17.6. The van der Waals surface area contributed by atoms with Crippen LogP contribution in [0, 0.1) is 0 Å². The molecule has 3 heteroatoms. The maximum Gasteiger partial charge on any atom is 0.182 e. The normalized spacial score (nSPS) is 3.43. The predicted molar refractivity (Wildman–Crippen MR) is 23.4 cm³/mol. The molecule has 0 radical (unpaired) electrons. The van der Waals surface area contributed by atoms with Gasteiger partial charge >= 0.3 is 0 Å². The molecular formula is C4H6O2Zn. The summed E-state index contributed by atoms with van der Waals surface area (Å²) in [6.07, 6.45) is 0.389. The van der Waals surface area contributed by atoms with Crippen molar-refractivity contribution in [2.75, 3.05) is 0 Å². The second kappa shape index (κ2) is 43.5. The van der Waals surface area contributed by atoms with E-state index in [1.54, 1.807) is 0 Å². The Hall–Kier alpha value is -0.297. The summed E-state index contributed by atoms with van der Waals surface area (Å²) >= 11 is 0. The average molecular weight is 151 g/mol. The van der Waals surface area contributed by atoms with Crippen LogP contribution in [-0.2, 0) is 29.1 Å². The van der Waals surface area contributed by atoms with Gasteiger partial charge in [-0.1, -0.05) is 0 Å². The molecule has 0 aliphatic carbocycles. The molecule has 0 spiro atoms. The SMILES string of the molecule is C=C.O=CC=O.[Zn]. The molecule has 2 nitrogen and oxygen atoms in total. The Morgan fingerprint density at radius 2 is 1.14 bits per heavy atom. The summed E-state index contributed by atoms with van der Waals surface area (Å²) in [7, 11) is 0. The first kappa shape index (κ1) is 15.9. The van der Waals surface area contributed by atoms with E-state index >= 15 is 0 Å². The molecule has 0 fully saturated rings. The second-order valence-corrected chi connectivity index (χ2v) is 0.272. The molecule has 0 N–H and O–H groups in total. The van der Waals surface area contributed by atoms with Crippen LogP contribution in [0.1, 0.15) is 0 Å². The zero-order valence-electron chi connectivity index (χ0n) is 4.09. The molecule has 0 saturated heterocycles. The third-order valence-electron chi connectivity index (χ3n) is 0.0556. The van der Waals surface area contributed by atoms with E-state index in [9.17, 15) is 0 Å². The van der Waals surface area contributed by atoms with E-state index in [1.807, 2.05) is 0 Å². The fourth-order valence-corrected chi connectivity index (χ4v) is 0. The number of hydrogen-bond acceptors (Lipinski definition) is 2. The van der Waals surface area contributed by atoms with Gasteiger partial charge in [-0.05, 0) is 0 Å². The summed E-state index contributed by atoms with van der Waals surface area (Å²) in [6.45, 7) is 6.00. The van der Waals surface area contributed by atoms with Crippen molar-refractivity contribution >= 4 is 12.6 Å². The summed E-state index contributed by atoms with van der Waals surface area (Å²) in [5.41, 5.74) is 0. The van der Waals surface area contributed by atoms with E-state index < -0.39 is 0 Å². The van der Waals surface area contributed by atoms with Gasteiger partial charge in [-0.2, -0.15) is 0 Å². The minimum absolute atomic E-state index is 0. The first-order chi connectivity index (χ1) is 2.91. The summed E-state index contributed by atoms with van der Waals surface area (Å²) in [5, 5.41) is 0. The monoisotopic (exact) mass is 150 g/mol. The molecule has 36 valence electrons. The van der Waals surface area contributed by atoms with Gasteiger partial charge in [0.2, 0.25) is 0 Å². The third-order valence-corrected chi connectivity index (χ3v) is 0.0556. The largest absolute Gasteiger partial charge is 0.295 e. The average Bonchev–Trinajstić information content (AvgIpc) is 1.72. The van der Waals surface area contributed by atoms with E-state index in [1.165, 1.54) is 0 Å². The van der Waals surface area contributed by atoms with Crippen LogP contribution in [0.5, 0.6) is 0 Å². The van der Waals surface area contributed by atoms with E-state index in [-0.39, 0.29) is 32.1 Å². The molecule has 0 bridgehead atoms. The molecule has 0 aromatic carbocycles. The Kier molecular flexibility index (Phi) is 98.8. The Morgan fingerprint density at radius 1 is 1.00 bits per heavy atom. The molecule has 0 aliphatic heterocycles. The van der Waals surface area contributed by atoms with Crippen molar-refractivity contribution in [2.24, 2.45) is 0 Å². The maximum absolute atomic E-state index is 8.81. The Balaban J connectivity index is -0.0000000480. The summed E-state index contributed by atoms with van der Waals surface area (Å²) < 4.78 is 0. The van der Waals surface area contributed by atoms with Crippen molar-refractivity contribution in [2.45, 2.75) is 0 Å². The Bertz CT molecular complexity index is 39.0. The number of rotatable bonds is 1. The molecule has 0 rings (SSSR count). The van der Waals surface area contributed by atoms with Gasteiger partial charge in [-0.25, -0.2) is 0 Å². The molecule has 0 unspecified atom stereocenters. The van der Waals surface area contributed by atoms with Crippen LogP contribution in [0.2, 0.25) is 0 Å². The van der Waals surface area contributed by atoms with E-state index in [0.29, 0.717) is 0 Å². The minimum atomic E-state index is 0. The third kappa shape index (κ3) is 158. The zero-order valence-corrected chi connectivity index (χ0v) is 7.06. The van der Waals surface area contributed by atoms with Crippen molar-refractivity contribution in [1.29, 1.82) is 0 Å². The molecular weight excluding hydrogens is 145 g/mol. The summed E-state index contributed by atoms with van der Waals surface area (Å²) in [6, 6.07) is 0. The smallest absolute Gasteiger partial charge is 0.182 e. The van der Waals surface area contributed by atoms with E-state index in [2.05, 4.69) is 13.2 Å². The fourth-order valence-electron chi connectivity index (χ4n) is 0. The van der Waals surface area contributed by atoms with Crippen molar-refractivity contribution in [1.82, 2.24) is 0 Å². The molecule has 0 atom stereocenters. The number of hydrogen-bond donors (Lipinski definition) is 0. The van der Waals surface area contributed by atoms with Gasteiger partial charge < -0.3 is 0 Å². The Labute approximate surface area is 55.4 Å². The van der Waals surface area contributed by atoms with Gasteiger partial charge in [-0.15, -0.1) is 13.2 Å². The molecule has 0 aromatic rings.